The summed E-state index contributed by atoms with van der Waals surface area (Å²) < 4.78 is 19.3. The predicted octanol–water partition coefficient (Wildman–Crippen LogP) is 3.99. The van der Waals surface area contributed by atoms with E-state index in [2.05, 4.69) is 15.9 Å². The first-order valence-corrected chi connectivity index (χ1v) is 6.55. The minimum Gasteiger partial charge on any atom is -0.369 e. The van der Waals surface area contributed by atoms with Crippen LogP contribution in [0.1, 0.15) is 15.9 Å². The summed E-state index contributed by atoms with van der Waals surface area (Å²) in [5.74, 6) is -0.643. The molecule has 0 saturated heterocycles. The van der Waals surface area contributed by atoms with Crippen LogP contribution in [0.2, 0.25) is 0 Å². The minimum absolute atomic E-state index is 0.0560. The van der Waals surface area contributed by atoms with Crippen molar-refractivity contribution in [2.75, 3.05) is 6.61 Å². The second-order valence-electron chi connectivity index (χ2n) is 4.05. The summed E-state index contributed by atoms with van der Waals surface area (Å²) in [5, 5.41) is 0. The standard InChI is InChI=1S/C15H12BrFO2/c16-13-6-4-11(5-7-13)9-19-10-15(18)12-2-1-3-14(17)8-12/h1-8H,9-10H2. The second-order valence-corrected chi connectivity index (χ2v) is 4.97. The van der Waals surface area contributed by atoms with Gasteiger partial charge in [-0.1, -0.05) is 40.2 Å². The highest BCUT2D eigenvalue weighted by Gasteiger charge is 2.06. The van der Waals surface area contributed by atoms with Crippen LogP contribution in [-0.4, -0.2) is 12.4 Å². The van der Waals surface area contributed by atoms with Gasteiger partial charge in [0.1, 0.15) is 12.4 Å². The van der Waals surface area contributed by atoms with Crippen molar-refractivity contribution in [1.82, 2.24) is 0 Å². The molecule has 0 radical (unpaired) electrons. The number of hydrogen-bond donors (Lipinski definition) is 0. The zero-order valence-corrected chi connectivity index (χ0v) is 11.7. The molecule has 0 aliphatic carbocycles. The Labute approximate surface area is 119 Å². The van der Waals surface area contributed by atoms with Gasteiger partial charge >= 0.3 is 0 Å². The third kappa shape index (κ3) is 4.26. The molecule has 0 saturated carbocycles. The second kappa shape index (κ2) is 6.59. The van der Waals surface area contributed by atoms with Crippen LogP contribution in [-0.2, 0) is 11.3 Å². The lowest BCUT2D eigenvalue weighted by molar-refractivity contribution is 0.0726. The van der Waals surface area contributed by atoms with Gasteiger partial charge in [-0.15, -0.1) is 0 Å². The average Bonchev–Trinajstić information content (AvgIpc) is 2.41. The normalized spacial score (nSPS) is 10.4. The Balaban J connectivity index is 1.86. The van der Waals surface area contributed by atoms with Gasteiger partial charge in [0.05, 0.1) is 6.61 Å². The van der Waals surface area contributed by atoms with Gasteiger partial charge < -0.3 is 4.74 Å². The maximum absolute atomic E-state index is 13.0. The quantitative estimate of drug-likeness (QED) is 0.778. The Kier molecular flexibility index (Phi) is 4.82. The third-order valence-corrected chi connectivity index (χ3v) is 3.09. The molecule has 2 aromatic carbocycles. The molecule has 0 atom stereocenters. The van der Waals surface area contributed by atoms with Crippen molar-refractivity contribution in [3.63, 3.8) is 0 Å². The van der Waals surface area contributed by atoms with Crippen LogP contribution in [0.15, 0.2) is 53.0 Å². The number of ketones is 1. The SMILES string of the molecule is O=C(COCc1ccc(Br)cc1)c1cccc(F)c1. The molecule has 2 nitrogen and oxygen atoms in total. The highest BCUT2D eigenvalue weighted by molar-refractivity contribution is 9.10. The van der Waals surface area contributed by atoms with Crippen LogP contribution in [0.3, 0.4) is 0 Å². The first kappa shape index (κ1) is 13.9. The maximum atomic E-state index is 13.0. The van der Waals surface area contributed by atoms with E-state index in [0.717, 1.165) is 10.0 Å². The van der Waals surface area contributed by atoms with Gasteiger partial charge in [0, 0.05) is 10.0 Å². The van der Waals surface area contributed by atoms with Crippen molar-refractivity contribution < 1.29 is 13.9 Å². The van der Waals surface area contributed by atoms with Crippen LogP contribution in [0.4, 0.5) is 4.39 Å². The van der Waals surface area contributed by atoms with E-state index in [1.54, 1.807) is 6.07 Å². The molecule has 0 spiro atoms. The van der Waals surface area contributed by atoms with E-state index in [4.69, 9.17) is 4.74 Å². The van der Waals surface area contributed by atoms with Gasteiger partial charge in [0.2, 0.25) is 0 Å². The molecule has 0 heterocycles. The molecule has 19 heavy (non-hydrogen) atoms. The van der Waals surface area contributed by atoms with Crippen LogP contribution in [0.5, 0.6) is 0 Å². The maximum Gasteiger partial charge on any atom is 0.188 e. The molecule has 2 aromatic rings. The van der Waals surface area contributed by atoms with Crippen molar-refractivity contribution in [3.05, 3.63) is 69.9 Å². The lowest BCUT2D eigenvalue weighted by Crippen LogP contribution is -2.09. The molecule has 2 rings (SSSR count). The molecule has 98 valence electrons. The summed E-state index contributed by atoms with van der Waals surface area (Å²) in [6.07, 6.45) is 0. The molecule has 0 aliphatic rings. The van der Waals surface area contributed by atoms with Gasteiger partial charge in [-0.25, -0.2) is 4.39 Å². The Morgan fingerprint density at radius 2 is 1.89 bits per heavy atom. The summed E-state index contributed by atoms with van der Waals surface area (Å²) in [4.78, 5) is 11.7. The Hall–Kier alpha value is -1.52. The summed E-state index contributed by atoms with van der Waals surface area (Å²) in [6, 6.07) is 13.3. The molecule has 0 unspecified atom stereocenters. The summed E-state index contributed by atoms with van der Waals surface area (Å²) in [7, 11) is 0. The molecule has 0 amide bonds. The molecule has 0 bridgehead atoms. The van der Waals surface area contributed by atoms with Crippen molar-refractivity contribution in [2.24, 2.45) is 0 Å². The van der Waals surface area contributed by atoms with Crippen LogP contribution >= 0.6 is 15.9 Å². The van der Waals surface area contributed by atoms with E-state index in [-0.39, 0.29) is 12.4 Å². The number of rotatable bonds is 5. The number of ether oxygens (including phenoxy) is 1. The highest BCUT2D eigenvalue weighted by atomic mass is 79.9. The van der Waals surface area contributed by atoms with Gasteiger partial charge in [-0.05, 0) is 29.8 Å². The summed E-state index contributed by atoms with van der Waals surface area (Å²) >= 11 is 3.34. The fraction of sp³-hybridized carbons (Fsp3) is 0.133. The van der Waals surface area contributed by atoms with Crippen LogP contribution in [0.25, 0.3) is 0 Å². The first-order chi connectivity index (χ1) is 9.15. The van der Waals surface area contributed by atoms with Gasteiger partial charge in [-0.2, -0.15) is 0 Å². The van der Waals surface area contributed by atoms with E-state index in [9.17, 15) is 9.18 Å². The molecular formula is C15H12BrFO2. The van der Waals surface area contributed by atoms with Gasteiger partial charge in [0.15, 0.2) is 5.78 Å². The first-order valence-electron chi connectivity index (χ1n) is 5.76. The van der Waals surface area contributed by atoms with Gasteiger partial charge in [-0.3, -0.25) is 4.79 Å². The molecule has 0 aliphatic heterocycles. The van der Waals surface area contributed by atoms with E-state index in [1.807, 2.05) is 24.3 Å². The zero-order chi connectivity index (χ0) is 13.7. The van der Waals surface area contributed by atoms with Crippen LogP contribution in [0, 0.1) is 5.82 Å². The van der Waals surface area contributed by atoms with Crippen molar-refractivity contribution in [2.45, 2.75) is 6.61 Å². The number of carbonyl (C=O) groups is 1. The topological polar surface area (TPSA) is 26.3 Å². The zero-order valence-electron chi connectivity index (χ0n) is 10.1. The van der Waals surface area contributed by atoms with Crippen LogP contribution < -0.4 is 0 Å². The summed E-state index contributed by atoms with van der Waals surface area (Å²) in [5.41, 5.74) is 1.31. The number of benzene rings is 2. The number of hydrogen-bond acceptors (Lipinski definition) is 2. The molecule has 0 fully saturated rings. The van der Waals surface area contributed by atoms with E-state index < -0.39 is 5.82 Å². The molecule has 4 heteroatoms. The number of carbonyl (C=O) groups excluding carboxylic acids is 1. The minimum atomic E-state index is -0.418. The predicted molar refractivity (Wildman–Crippen MR) is 74.5 cm³/mol. The van der Waals surface area contributed by atoms with Crippen molar-refractivity contribution in [1.29, 1.82) is 0 Å². The lowest BCUT2D eigenvalue weighted by Gasteiger charge is -2.04. The smallest absolute Gasteiger partial charge is 0.188 e. The summed E-state index contributed by atoms with van der Waals surface area (Å²) in [6.45, 7) is 0.299. The van der Waals surface area contributed by atoms with E-state index in [1.165, 1.54) is 18.2 Å². The van der Waals surface area contributed by atoms with Crippen molar-refractivity contribution in [3.8, 4) is 0 Å². The fourth-order valence-electron chi connectivity index (χ4n) is 1.59. The Morgan fingerprint density at radius 1 is 1.16 bits per heavy atom. The molecule has 0 N–H and O–H groups in total. The molecule has 0 aromatic heterocycles. The Bertz CT molecular complexity index is 567. The lowest BCUT2D eigenvalue weighted by atomic mass is 10.1. The fourth-order valence-corrected chi connectivity index (χ4v) is 1.85. The monoisotopic (exact) mass is 322 g/mol. The number of Topliss-reactive ketones (excluding diaryl/α,β-unsaturated/α-hetero) is 1. The largest absolute Gasteiger partial charge is 0.369 e. The average molecular weight is 323 g/mol. The van der Waals surface area contributed by atoms with E-state index in [0.29, 0.717) is 12.2 Å². The third-order valence-electron chi connectivity index (χ3n) is 2.56. The van der Waals surface area contributed by atoms with Gasteiger partial charge in [0.25, 0.3) is 0 Å². The van der Waals surface area contributed by atoms with Crippen molar-refractivity contribution >= 4 is 21.7 Å². The molecular weight excluding hydrogens is 311 g/mol. The Morgan fingerprint density at radius 3 is 2.58 bits per heavy atom. The van der Waals surface area contributed by atoms with E-state index >= 15 is 0 Å². The highest BCUT2D eigenvalue weighted by Crippen LogP contribution is 2.11. The number of halogens is 2.